The monoisotopic (exact) mass is 623 g/mol. The molecule has 0 aliphatic carbocycles. The number of hydrogen-bond donors (Lipinski definition) is 3. The van der Waals surface area contributed by atoms with E-state index in [1.54, 1.807) is 5.38 Å². The van der Waals surface area contributed by atoms with Gasteiger partial charge in [0, 0.05) is 12.4 Å². The Morgan fingerprint density at radius 1 is 0.795 bits per heavy atom. The molecule has 1 heterocycles. The lowest BCUT2D eigenvalue weighted by atomic mass is 10.0. The molecule has 12 heteroatoms. The van der Waals surface area contributed by atoms with Gasteiger partial charge in [0.2, 0.25) is 0 Å². The average molecular weight is 624 g/mol. The molecule has 0 saturated carbocycles. The lowest BCUT2D eigenvalue weighted by Crippen LogP contribution is -2.53. The Balaban J connectivity index is 1.59. The molecule has 3 aromatic rings. The van der Waals surface area contributed by atoms with E-state index in [1.807, 2.05) is 88.4 Å². The first-order chi connectivity index (χ1) is 21.0. The van der Waals surface area contributed by atoms with Crippen molar-refractivity contribution in [2.24, 2.45) is 11.8 Å². The minimum absolute atomic E-state index is 0.0611. The summed E-state index contributed by atoms with van der Waals surface area (Å²) in [6, 6.07) is 17.2. The van der Waals surface area contributed by atoms with Crippen molar-refractivity contribution < 1.29 is 28.7 Å². The maximum absolute atomic E-state index is 13.2. The van der Waals surface area contributed by atoms with Gasteiger partial charge in [0.1, 0.15) is 19.3 Å². The Bertz CT molecular complexity index is 1370. The molecule has 0 fully saturated rings. The van der Waals surface area contributed by atoms with E-state index in [4.69, 9.17) is 9.47 Å². The van der Waals surface area contributed by atoms with Crippen LogP contribution in [0.5, 0.6) is 0 Å². The highest BCUT2D eigenvalue weighted by Gasteiger charge is 2.28. The molecule has 2 aromatic carbocycles. The number of carbonyl (C=O) groups is 4. The lowest BCUT2D eigenvalue weighted by molar-refractivity contribution is -0.134. The molecule has 4 amide bonds. The standard InChI is InChI=1S/C32H41N5O6S/c1-21(2)16-25(34-31(40)42-18-23-12-8-6-9-13-23)27-20-44-29(33-27)28(38)36-37(5)30(39)26(17-22(3)4)35-32(41)43-19-24-14-10-7-11-15-24/h6-15,20-22,25-26H,16-19H2,1-5H3,(H,34,40)(H,35,41)(H,36,38)/t25-,26-/m0/s1. The van der Waals surface area contributed by atoms with E-state index in [0.29, 0.717) is 18.5 Å². The highest BCUT2D eigenvalue weighted by atomic mass is 32.1. The van der Waals surface area contributed by atoms with Gasteiger partial charge in [-0.25, -0.2) is 14.6 Å². The minimum atomic E-state index is -0.919. The predicted octanol–water partition coefficient (Wildman–Crippen LogP) is 5.60. The van der Waals surface area contributed by atoms with Crippen LogP contribution in [-0.2, 0) is 27.5 Å². The van der Waals surface area contributed by atoms with Gasteiger partial charge in [-0.05, 0) is 35.8 Å². The average Bonchev–Trinajstić information content (AvgIpc) is 3.49. The van der Waals surface area contributed by atoms with Crippen LogP contribution < -0.4 is 16.1 Å². The number of alkyl carbamates (subject to hydrolysis) is 2. The van der Waals surface area contributed by atoms with Crippen LogP contribution >= 0.6 is 11.3 Å². The molecule has 0 spiro atoms. The van der Waals surface area contributed by atoms with Gasteiger partial charge in [0.05, 0.1) is 11.7 Å². The number of nitrogens with one attached hydrogen (secondary N) is 3. The number of thiazole rings is 1. The van der Waals surface area contributed by atoms with Crippen LogP contribution in [-0.4, -0.2) is 47.1 Å². The highest BCUT2D eigenvalue weighted by Crippen LogP contribution is 2.24. The zero-order chi connectivity index (χ0) is 32.1. The zero-order valence-corrected chi connectivity index (χ0v) is 26.6. The maximum atomic E-state index is 13.2. The second-order valence-electron chi connectivity index (χ2n) is 11.2. The van der Waals surface area contributed by atoms with E-state index >= 15 is 0 Å². The molecular formula is C32H41N5O6S. The molecule has 2 atom stereocenters. The number of amides is 4. The van der Waals surface area contributed by atoms with Crippen LogP contribution in [0.25, 0.3) is 0 Å². The normalized spacial score (nSPS) is 12.2. The third-order valence-corrected chi connectivity index (χ3v) is 7.25. The number of nitrogens with zero attached hydrogens (tertiary/aromatic N) is 2. The fraction of sp³-hybridized carbons (Fsp3) is 0.406. The molecule has 44 heavy (non-hydrogen) atoms. The summed E-state index contributed by atoms with van der Waals surface area (Å²) >= 11 is 1.10. The van der Waals surface area contributed by atoms with E-state index in [9.17, 15) is 19.2 Å². The van der Waals surface area contributed by atoms with Crippen molar-refractivity contribution in [2.45, 2.75) is 65.8 Å². The fourth-order valence-corrected chi connectivity index (χ4v) is 5.03. The van der Waals surface area contributed by atoms with Crippen molar-refractivity contribution in [3.8, 4) is 0 Å². The second kappa shape index (κ2) is 17.0. The number of rotatable bonds is 13. The first-order valence-corrected chi connectivity index (χ1v) is 15.4. The molecule has 0 aliphatic rings. The van der Waals surface area contributed by atoms with E-state index in [1.165, 1.54) is 7.05 Å². The van der Waals surface area contributed by atoms with Crippen LogP contribution in [0.3, 0.4) is 0 Å². The topological polar surface area (TPSA) is 139 Å². The number of ether oxygens (including phenoxy) is 2. The Hall–Kier alpha value is -4.45. The molecule has 0 saturated heterocycles. The van der Waals surface area contributed by atoms with Gasteiger partial charge in [0.25, 0.3) is 11.8 Å². The Labute approximate surface area is 262 Å². The minimum Gasteiger partial charge on any atom is -0.445 e. The van der Waals surface area contributed by atoms with Gasteiger partial charge >= 0.3 is 12.2 Å². The quantitative estimate of drug-likeness (QED) is 0.211. The number of hydrazine groups is 1. The molecule has 0 aliphatic heterocycles. The Kier molecular flexibility index (Phi) is 13.2. The summed E-state index contributed by atoms with van der Waals surface area (Å²) in [7, 11) is 1.41. The molecule has 11 nitrogen and oxygen atoms in total. The van der Waals surface area contributed by atoms with Gasteiger partial charge in [-0.2, -0.15) is 0 Å². The largest absolute Gasteiger partial charge is 0.445 e. The number of hydrogen-bond acceptors (Lipinski definition) is 8. The van der Waals surface area contributed by atoms with Crippen molar-refractivity contribution in [1.29, 1.82) is 0 Å². The first kappa shape index (κ1) is 34.0. The number of likely N-dealkylation sites (N-methyl/N-ethyl adjacent to an activating group) is 1. The van der Waals surface area contributed by atoms with E-state index in [2.05, 4.69) is 21.0 Å². The van der Waals surface area contributed by atoms with Crippen molar-refractivity contribution in [3.63, 3.8) is 0 Å². The second-order valence-corrected chi connectivity index (χ2v) is 12.1. The van der Waals surface area contributed by atoms with Gasteiger partial charge in [0.15, 0.2) is 5.01 Å². The number of carbonyl (C=O) groups excluding carboxylic acids is 4. The summed E-state index contributed by atoms with van der Waals surface area (Å²) in [5, 5.41) is 8.33. The van der Waals surface area contributed by atoms with Crippen LogP contribution in [0.2, 0.25) is 0 Å². The van der Waals surface area contributed by atoms with E-state index < -0.39 is 36.1 Å². The Morgan fingerprint density at radius 2 is 1.32 bits per heavy atom. The number of aromatic nitrogens is 1. The van der Waals surface area contributed by atoms with Crippen LogP contribution in [0.1, 0.15) is 73.2 Å². The maximum Gasteiger partial charge on any atom is 0.408 e. The summed E-state index contributed by atoms with van der Waals surface area (Å²) in [6.45, 7) is 8.07. The summed E-state index contributed by atoms with van der Waals surface area (Å²) in [5.41, 5.74) is 4.74. The third-order valence-electron chi connectivity index (χ3n) is 6.40. The van der Waals surface area contributed by atoms with Crippen molar-refractivity contribution in [3.05, 3.63) is 87.9 Å². The van der Waals surface area contributed by atoms with Crippen molar-refractivity contribution in [2.75, 3.05) is 7.05 Å². The molecular weight excluding hydrogens is 582 g/mol. The Morgan fingerprint density at radius 3 is 1.84 bits per heavy atom. The fourth-order valence-electron chi connectivity index (χ4n) is 4.27. The first-order valence-electron chi connectivity index (χ1n) is 14.5. The molecule has 0 bridgehead atoms. The lowest BCUT2D eigenvalue weighted by Gasteiger charge is -2.25. The van der Waals surface area contributed by atoms with E-state index in [0.717, 1.165) is 27.5 Å². The summed E-state index contributed by atoms with van der Waals surface area (Å²) in [6.07, 6.45) is -0.408. The van der Waals surface area contributed by atoms with Crippen molar-refractivity contribution in [1.82, 2.24) is 26.1 Å². The van der Waals surface area contributed by atoms with Crippen LogP contribution in [0, 0.1) is 11.8 Å². The zero-order valence-electron chi connectivity index (χ0n) is 25.7. The summed E-state index contributed by atoms with van der Waals surface area (Å²) in [4.78, 5) is 55.8. The van der Waals surface area contributed by atoms with Crippen molar-refractivity contribution >= 4 is 35.3 Å². The smallest absolute Gasteiger partial charge is 0.408 e. The molecule has 0 radical (unpaired) electrons. The highest BCUT2D eigenvalue weighted by molar-refractivity contribution is 7.11. The summed E-state index contributed by atoms with van der Waals surface area (Å²) < 4.78 is 10.7. The predicted molar refractivity (Wildman–Crippen MR) is 167 cm³/mol. The molecule has 1 aromatic heterocycles. The molecule has 3 rings (SSSR count). The molecule has 236 valence electrons. The number of benzene rings is 2. The van der Waals surface area contributed by atoms with Crippen LogP contribution in [0.4, 0.5) is 9.59 Å². The molecule has 0 unspecified atom stereocenters. The third kappa shape index (κ3) is 11.3. The van der Waals surface area contributed by atoms with E-state index in [-0.39, 0.29) is 30.1 Å². The van der Waals surface area contributed by atoms with Crippen LogP contribution in [0.15, 0.2) is 66.0 Å². The van der Waals surface area contributed by atoms with Gasteiger partial charge in [-0.3, -0.25) is 20.0 Å². The summed E-state index contributed by atoms with van der Waals surface area (Å²) in [5.74, 6) is -0.807. The van der Waals surface area contributed by atoms with Gasteiger partial charge < -0.3 is 20.1 Å². The SMILES string of the molecule is CC(C)C[C@H](NC(=O)OCc1ccccc1)C(=O)N(C)NC(=O)c1nc([C@H](CC(C)C)NC(=O)OCc2ccccc2)cs1. The molecule has 3 N–H and O–H groups in total. The van der Waals surface area contributed by atoms with Gasteiger partial charge in [-0.15, -0.1) is 11.3 Å². The van der Waals surface area contributed by atoms with Gasteiger partial charge in [-0.1, -0.05) is 88.4 Å².